The minimum atomic E-state index is -0.558. The van der Waals surface area contributed by atoms with Crippen molar-refractivity contribution in [2.75, 3.05) is 125 Å². The highest BCUT2D eigenvalue weighted by Gasteiger charge is 2.31. The molecule has 1 N–H and O–H groups in total. The van der Waals surface area contributed by atoms with E-state index in [4.69, 9.17) is 42.6 Å². The number of nitrogens with zero attached hydrogens (tertiary/aromatic N) is 3. The van der Waals surface area contributed by atoms with Gasteiger partial charge in [0, 0.05) is 39.3 Å². The maximum absolute atomic E-state index is 13.4. The second-order valence-electron chi connectivity index (χ2n) is 38.9. The highest BCUT2D eigenvalue weighted by molar-refractivity contribution is 14.1. The molecule has 7 rings (SSSR count). The first kappa shape index (κ1) is 113. The lowest BCUT2D eigenvalue weighted by Gasteiger charge is -2.25. The van der Waals surface area contributed by atoms with Crippen molar-refractivity contribution in [3.05, 3.63) is 161 Å². The van der Waals surface area contributed by atoms with Gasteiger partial charge in [0.05, 0.1) is 61.1 Å². The lowest BCUT2D eigenvalue weighted by Crippen LogP contribution is -2.36. The lowest BCUT2D eigenvalue weighted by molar-refractivity contribution is -0.157. The van der Waals surface area contributed by atoms with Crippen LogP contribution >= 0.6 is 22.6 Å². The SMILES string of the molecule is CC(C)=CCCC1=CCC(C(=O)OCCOC(=O)CN(C)CC(=O)OCCOC(=O)C2CC=C(CC/C=C(\C)CC/C(C)=C/CCC3=CCC(C(=O)OCCN(CCO)CCOC(=O)C4CC=C(CC/C=C(\C)CC/C(C)=C/CCC5=CCC(C(=O)OCCN(CCOC(=O)C6CC=C(CCC=C(C)C)CC6)CCOC(=O)C6CC=C(CC/C=C(\C)I)CC6)CC5)CC4)CC3)CC2)CC1. The van der Waals surface area contributed by atoms with Crippen LogP contribution in [0, 0.1) is 41.4 Å². The van der Waals surface area contributed by atoms with Crippen LogP contribution in [0.4, 0.5) is 0 Å². The van der Waals surface area contributed by atoms with Gasteiger partial charge in [0.15, 0.2) is 0 Å². The Hall–Kier alpha value is -7.84. The van der Waals surface area contributed by atoms with Gasteiger partial charge in [-0.15, -0.1) is 0 Å². The summed E-state index contributed by atoms with van der Waals surface area (Å²) in [5, 5.41) is 9.83. The number of carbonyl (C=O) groups is 9. The van der Waals surface area contributed by atoms with E-state index in [0.29, 0.717) is 84.2 Å². The molecule has 0 aromatic heterocycles. The van der Waals surface area contributed by atoms with E-state index in [-0.39, 0.29) is 162 Å². The van der Waals surface area contributed by atoms with Crippen molar-refractivity contribution in [3.8, 4) is 0 Å². The quantitative estimate of drug-likeness (QED) is 0.0195. The molecule has 0 spiro atoms. The molecule has 0 saturated heterocycles. The zero-order valence-electron chi connectivity index (χ0n) is 83.4. The molecule has 134 heavy (non-hydrogen) atoms. The third kappa shape index (κ3) is 48.4. The van der Waals surface area contributed by atoms with Crippen LogP contribution in [0.25, 0.3) is 0 Å². The summed E-state index contributed by atoms with van der Waals surface area (Å²) < 4.78 is 51.7. The van der Waals surface area contributed by atoms with Crippen molar-refractivity contribution in [3.63, 3.8) is 0 Å². The Kier molecular flexibility index (Phi) is 55.6. The van der Waals surface area contributed by atoms with Crippen LogP contribution in [0.3, 0.4) is 0 Å². The summed E-state index contributed by atoms with van der Waals surface area (Å²) in [5.74, 6) is -3.76. The van der Waals surface area contributed by atoms with Crippen LogP contribution in [0.5, 0.6) is 0 Å². The van der Waals surface area contributed by atoms with Crippen LogP contribution in [-0.4, -0.2) is 199 Å². The summed E-state index contributed by atoms with van der Waals surface area (Å²) in [7, 11) is 1.59. The summed E-state index contributed by atoms with van der Waals surface area (Å²) in [5.41, 5.74) is 17.9. The fraction of sp³-hybridized carbons (Fsp3) is 0.667. The molecule has 23 heteroatoms. The van der Waals surface area contributed by atoms with Crippen LogP contribution < -0.4 is 0 Å². The molecule has 0 bridgehead atoms. The Bertz CT molecular complexity index is 4120. The number of hydrogen-bond donors (Lipinski definition) is 1. The number of rotatable bonds is 61. The summed E-state index contributed by atoms with van der Waals surface area (Å²) in [6, 6.07) is 0. The number of likely N-dealkylation sites (N-methyl/N-ethyl adjacent to an activating group) is 1. The van der Waals surface area contributed by atoms with Gasteiger partial charge in [-0.1, -0.05) is 158 Å². The number of halogens is 1. The summed E-state index contributed by atoms with van der Waals surface area (Å²) >= 11 is 2.34. The zero-order chi connectivity index (χ0) is 96.6. The second kappa shape index (κ2) is 65.9. The molecule has 7 aliphatic rings. The number of allylic oxidation sites excluding steroid dienone is 28. The topological polar surface area (TPSA) is 267 Å². The van der Waals surface area contributed by atoms with Crippen molar-refractivity contribution in [1.82, 2.24) is 14.7 Å². The lowest BCUT2D eigenvalue weighted by atomic mass is 9.87. The second-order valence-corrected chi connectivity index (χ2v) is 40.6. The van der Waals surface area contributed by atoms with Crippen molar-refractivity contribution < 1.29 is 90.9 Å². The number of aliphatic hydroxyl groups is 1. The Balaban J connectivity index is 0.664. The normalized spacial score (nSPS) is 20.4. The van der Waals surface area contributed by atoms with Gasteiger partial charge in [-0.3, -0.25) is 57.9 Å². The van der Waals surface area contributed by atoms with Crippen LogP contribution in [0.2, 0.25) is 0 Å². The predicted molar refractivity (Wildman–Crippen MR) is 539 cm³/mol. The Morgan fingerprint density at radius 1 is 0.299 bits per heavy atom. The molecule has 746 valence electrons. The first-order valence-electron chi connectivity index (χ1n) is 50.8. The van der Waals surface area contributed by atoms with Gasteiger partial charge in [-0.2, -0.15) is 0 Å². The maximum atomic E-state index is 13.4. The van der Waals surface area contributed by atoms with Crippen LogP contribution in [-0.2, 0) is 85.8 Å². The predicted octanol–water partition coefficient (Wildman–Crippen LogP) is 22.6. The number of esters is 9. The van der Waals surface area contributed by atoms with Crippen molar-refractivity contribution >= 4 is 76.3 Å². The molecule has 7 atom stereocenters. The van der Waals surface area contributed by atoms with Gasteiger partial charge in [-0.05, 0) is 346 Å². The van der Waals surface area contributed by atoms with Crippen LogP contribution in [0.1, 0.15) is 313 Å². The molecule has 0 fully saturated rings. The molecule has 0 aromatic carbocycles. The van der Waals surface area contributed by atoms with Gasteiger partial charge in [-0.25, -0.2) is 0 Å². The number of carbonyl (C=O) groups excluding carboxylic acids is 9. The molecule has 7 aliphatic carbocycles. The molecule has 22 nitrogen and oxygen atoms in total. The molecule has 0 radical (unpaired) electrons. The minimum absolute atomic E-state index is 0.0271. The van der Waals surface area contributed by atoms with E-state index in [0.717, 1.165) is 205 Å². The number of hydrogen-bond acceptors (Lipinski definition) is 22. The van der Waals surface area contributed by atoms with Gasteiger partial charge < -0.3 is 47.7 Å². The zero-order valence-corrected chi connectivity index (χ0v) is 85.6. The first-order chi connectivity index (χ1) is 64.6. The van der Waals surface area contributed by atoms with E-state index in [9.17, 15) is 48.3 Å². The standard InChI is InChI=1S/C111H166IN3O19/c1-82(2)18-11-25-89-36-50-96(51-37-89)107(121)130-73-67-115(69-75-132-109(123)100-58-48-95(49-59-100)31-17-24-88(9)112)68-74-131-108(122)99-56-44-93(45-57-99)29-15-22-86(7)33-32-84(5)20-13-27-91-40-52-97(53-41-91)105(119)128-71-65-114(64-70-116)66-72-129-106(120)98-54-42-92(43-55-98)28-14-21-85(6)34-35-87(8)23-16-30-94-46-62-102(63-47-94)111(125)134-79-77-127-104(118)81-113(10)80-103(117)126-76-78-133-110(124)101-60-38-90(39-61-101)26-12-19-83(3)4/h18-24,36,38,40,42,44,46,48,96-102,116H,11-17,25-35,37,39,41,43,45,47,49-81H2,1-10H3/b84-20+,85-21+,86-22+,87-23+,88-24+. The highest BCUT2D eigenvalue weighted by Crippen LogP contribution is 2.36. The van der Waals surface area contributed by atoms with Crippen molar-refractivity contribution in [2.45, 2.75) is 313 Å². The summed E-state index contributed by atoms with van der Waals surface area (Å²) in [4.78, 5) is 122. The van der Waals surface area contributed by atoms with E-state index in [1.807, 2.05) is 4.90 Å². The van der Waals surface area contributed by atoms with E-state index < -0.39 is 11.9 Å². The van der Waals surface area contributed by atoms with Gasteiger partial charge >= 0.3 is 53.7 Å². The summed E-state index contributed by atoms with van der Waals surface area (Å²) in [6.45, 7) is 22.5. The van der Waals surface area contributed by atoms with Crippen molar-refractivity contribution in [1.29, 1.82) is 0 Å². The molecule has 0 heterocycles. The van der Waals surface area contributed by atoms with E-state index in [1.165, 1.54) is 80.9 Å². The molecular formula is C111H166IN3O19. The third-order valence-electron chi connectivity index (χ3n) is 27.1. The summed E-state index contributed by atoms with van der Waals surface area (Å²) in [6.07, 6.45) is 65.8. The molecule has 0 aliphatic heterocycles. The molecule has 0 amide bonds. The number of ether oxygens (including phenoxy) is 9. The molecule has 0 aromatic rings. The van der Waals surface area contributed by atoms with Gasteiger partial charge in [0.2, 0.25) is 0 Å². The maximum Gasteiger partial charge on any atom is 0.320 e. The Morgan fingerprint density at radius 3 is 0.701 bits per heavy atom. The average molecular weight is 1970 g/mol. The fourth-order valence-corrected chi connectivity index (χ4v) is 18.6. The van der Waals surface area contributed by atoms with Gasteiger partial charge in [0.25, 0.3) is 0 Å². The fourth-order valence-electron chi connectivity index (χ4n) is 18.3. The first-order valence-corrected chi connectivity index (χ1v) is 51.9. The Labute approximate surface area is 817 Å². The van der Waals surface area contributed by atoms with Gasteiger partial charge in [0.1, 0.15) is 59.5 Å². The largest absolute Gasteiger partial charge is 0.464 e. The van der Waals surface area contributed by atoms with Crippen LogP contribution in [0.15, 0.2) is 161 Å². The molecule has 0 saturated carbocycles. The average Bonchev–Trinajstić information content (AvgIpc) is 0.883. The smallest absolute Gasteiger partial charge is 0.320 e. The highest BCUT2D eigenvalue weighted by atomic mass is 127. The molecule has 7 unspecified atom stereocenters. The monoisotopic (exact) mass is 1970 g/mol. The van der Waals surface area contributed by atoms with Crippen molar-refractivity contribution in [2.24, 2.45) is 41.4 Å². The molecular weight excluding hydrogens is 1810 g/mol. The van der Waals surface area contributed by atoms with E-state index >= 15 is 0 Å². The Morgan fingerprint density at radius 2 is 0.500 bits per heavy atom. The third-order valence-corrected chi connectivity index (χ3v) is 27.6. The van der Waals surface area contributed by atoms with E-state index in [2.05, 4.69) is 175 Å². The number of aliphatic hydroxyl groups excluding tert-OH is 1. The van der Waals surface area contributed by atoms with E-state index in [1.54, 1.807) is 7.05 Å². The minimum Gasteiger partial charge on any atom is -0.464 e.